The summed E-state index contributed by atoms with van der Waals surface area (Å²) in [6.45, 7) is 8.26. The first-order valence-corrected chi connectivity index (χ1v) is 9.59. The Morgan fingerprint density at radius 2 is 1.76 bits per heavy atom. The Balaban J connectivity index is 1.76. The summed E-state index contributed by atoms with van der Waals surface area (Å²) in [6, 6.07) is 15.5. The minimum absolute atomic E-state index is 0.194. The van der Waals surface area contributed by atoms with Crippen LogP contribution in [0.4, 0.5) is 5.69 Å². The molecule has 2 heterocycles. The summed E-state index contributed by atoms with van der Waals surface area (Å²) in [4.78, 5) is 17.8. The lowest BCUT2D eigenvalue weighted by atomic mass is 9.78. The molecule has 2 aromatic carbocycles. The molecule has 5 rings (SSSR count). The van der Waals surface area contributed by atoms with Crippen molar-refractivity contribution in [1.82, 2.24) is 4.57 Å². The molecule has 0 spiro atoms. The van der Waals surface area contributed by atoms with Gasteiger partial charge in [-0.25, -0.2) is 0 Å². The number of fused-ring (bicyclic) bond motifs is 2. The van der Waals surface area contributed by atoms with Crippen LogP contribution in [0.3, 0.4) is 0 Å². The molecule has 1 aliphatic carbocycles. The molecule has 0 radical (unpaired) electrons. The highest BCUT2D eigenvalue weighted by Crippen LogP contribution is 2.46. The van der Waals surface area contributed by atoms with Crippen LogP contribution in [0.5, 0.6) is 0 Å². The number of para-hydroxylation sites is 2. The van der Waals surface area contributed by atoms with Crippen molar-refractivity contribution in [1.29, 1.82) is 0 Å². The molecule has 0 saturated heterocycles. The first-order valence-electron chi connectivity index (χ1n) is 9.59. The summed E-state index contributed by atoms with van der Waals surface area (Å²) in [7, 11) is 0. The van der Waals surface area contributed by atoms with Crippen molar-refractivity contribution >= 4 is 39.2 Å². The first kappa shape index (κ1) is 17.4. The van der Waals surface area contributed by atoms with Gasteiger partial charge >= 0.3 is 0 Å². The Morgan fingerprint density at radius 3 is 2.52 bits per heavy atom. The Kier molecular flexibility index (Phi) is 3.71. The van der Waals surface area contributed by atoms with E-state index in [1.165, 1.54) is 0 Å². The monoisotopic (exact) mass is 379 g/mol. The summed E-state index contributed by atoms with van der Waals surface area (Å²) in [5, 5.41) is 14.2. The molecule has 29 heavy (non-hydrogen) atoms. The average molecular weight is 379 g/mol. The van der Waals surface area contributed by atoms with Crippen LogP contribution in [0, 0.1) is 6.92 Å². The molecule has 142 valence electrons. The number of carbonyl (C=O) groups excluding carboxylic acids is 1. The SMILES string of the molecule is C=CCn1c(C)c(C2=C([O-])C(=C3C(C)=Nc4ccccc43)C2=O)c2ccccc21. The molecule has 3 aromatic rings. The van der Waals surface area contributed by atoms with E-state index in [2.05, 4.69) is 16.1 Å². The van der Waals surface area contributed by atoms with Crippen LogP contribution in [0.25, 0.3) is 22.0 Å². The van der Waals surface area contributed by atoms with Crippen molar-refractivity contribution in [3.05, 3.63) is 89.3 Å². The van der Waals surface area contributed by atoms with Gasteiger partial charge in [0.25, 0.3) is 0 Å². The summed E-state index contributed by atoms with van der Waals surface area (Å²) < 4.78 is 2.09. The third-order valence-corrected chi connectivity index (χ3v) is 5.77. The largest absolute Gasteiger partial charge is 0.871 e. The topological polar surface area (TPSA) is 57.4 Å². The minimum atomic E-state index is -0.194. The van der Waals surface area contributed by atoms with Gasteiger partial charge in [0.1, 0.15) is 0 Å². The number of aliphatic imine (C=N–C) groups is 1. The summed E-state index contributed by atoms with van der Waals surface area (Å²) in [5.74, 6) is -0.387. The zero-order valence-electron chi connectivity index (χ0n) is 16.3. The lowest BCUT2D eigenvalue weighted by molar-refractivity contribution is -0.297. The lowest BCUT2D eigenvalue weighted by Gasteiger charge is -2.32. The fourth-order valence-electron chi connectivity index (χ4n) is 4.49. The fraction of sp³-hybridized carbons (Fsp3) is 0.120. The highest BCUT2D eigenvalue weighted by molar-refractivity contribution is 6.47. The smallest absolute Gasteiger partial charge is 0.193 e. The van der Waals surface area contributed by atoms with Crippen molar-refractivity contribution in [2.45, 2.75) is 20.4 Å². The van der Waals surface area contributed by atoms with Crippen molar-refractivity contribution in [3.8, 4) is 0 Å². The summed E-state index contributed by atoms with van der Waals surface area (Å²) >= 11 is 0. The quantitative estimate of drug-likeness (QED) is 0.502. The third kappa shape index (κ3) is 2.26. The van der Waals surface area contributed by atoms with Crippen LogP contribution in [0.1, 0.15) is 23.7 Å². The maximum atomic E-state index is 13.3. The van der Waals surface area contributed by atoms with Crippen molar-refractivity contribution in [2.24, 2.45) is 4.99 Å². The third-order valence-electron chi connectivity index (χ3n) is 5.77. The van der Waals surface area contributed by atoms with Gasteiger partial charge in [0.05, 0.1) is 5.69 Å². The second-order valence-electron chi connectivity index (χ2n) is 7.37. The molecular weight excluding hydrogens is 360 g/mol. The van der Waals surface area contributed by atoms with E-state index in [0.717, 1.165) is 33.4 Å². The van der Waals surface area contributed by atoms with E-state index in [9.17, 15) is 9.90 Å². The second-order valence-corrected chi connectivity index (χ2v) is 7.37. The molecule has 1 aliphatic heterocycles. The van der Waals surface area contributed by atoms with Gasteiger partial charge in [0.2, 0.25) is 0 Å². The number of Topliss-reactive ketones (excluding diaryl/α,β-unsaturated/α-hetero) is 1. The van der Waals surface area contributed by atoms with Gasteiger partial charge in [0, 0.05) is 56.7 Å². The number of ketones is 1. The molecule has 0 atom stereocenters. The number of hydrogen-bond donors (Lipinski definition) is 0. The van der Waals surface area contributed by atoms with Crippen LogP contribution < -0.4 is 5.11 Å². The van der Waals surface area contributed by atoms with E-state index in [0.29, 0.717) is 17.8 Å². The van der Waals surface area contributed by atoms with Gasteiger partial charge in [-0.2, -0.15) is 0 Å². The molecule has 0 bridgehead atoms. The van der Waals surface area contributed by atoms with Crippen molar-refractivity contribution < 1.29 is 9.90 Å². The van der Waals surface area contributed by atoms with Gasteiger partial charge in [-0.05, 0) is 26.0 Å². The molecule has 0 fully saturated rings. The lowest BCUT2D eigenvalue weighted by Crippen LogP contribution is -2.31. The van der Waals surface area contributed by atoms with E-state index in [4.69, 9.17) is 0 Å². The molecule has 1 aromatic heterocycles. The van der Waals surface area contributed by atoms with Crippen LogP contribution in [-0.2, 0) is 11.3 Å². The van der Waals surface area contributed by atoms with E-state index in [-0.39, 0.29) is 22.7 Å². The van der Waals surface area contributed by atoms with Gasteiger partial charge in [-0.3, -0.25) is 9.79 Å². The van der Waals surface area contributed by atoms with E-state index in [1.807, 2.05) is 68.5 Å². The Morgan fingerprint density at radius 1 is 1.03 bits per heavy atom. The molecule has 0 unspecified atom stereocenters. The number of hydrogen-bond acceptors (Lipinski definition) is 3. The molecule has 4 nitrogen and oxygen atoms in total. The van der Waals surface area contributed by atoms with Gasteiger partial charge in [-0.15, -0.1) is 6.58 Å². The number of rotatable bonds is 3. The van der Waals surface area contributed by atoms with Crippen LogP contribution in [0.2, 0.25) is 0 Å². The first-order chi connectivity index (χ1) is 14.0. The molecular formula is C25H19N2O2-. The van der Waals surface area contributed by atoms with Crippen molar-refractivity contribution in [3.63, 3.8) is 0 Å². The minimum Gasteiger partial charge on any atom is -0.871 e. The number of aromatic nitrogens is 1. The molecule has 4 heteroatoms. The zero-order chi connectivity index (χ0) is 20.3. The zero-order valence-corrected chi connectivity index (χ0v) is 16.3. The normalized spacial score (nSPS) is 18.1. The van der Waals surface area contributed by atoms with Gasteiger partial charge < -0.3 is 9.67 Å². The van der Waals surface area contributed by atoms with E-state index < -0.39 is 0 Å². The summed E-state index contributed by atoms with van der Waals surface area (Å²) in [6.07, 6.45) is 1.82. The van der Waals surface area contributed by atoms with E-state index >= 15 is 0 Å². The molecule has 0 saturated carbocycles. The predicted octanol–water partition coefficient (Wildman–Crippen LogP) is 4.35. The Bertz CT molecular complexity index is 1330. The van der Waals surface area contributed by atoms with E-state index in [1.54, 1.807) is 0 Å². The number of benzene rings is 2. The van der Waals surface area contributed by atoms with Crippen LogP contribution >= 0.6 is 0 Å². The van der Waals surface area contributed by atoms with Crippen LogP contribution in [-0.4, -0.2) is 16.1 Å². The second kappa shape index (κ2) is 6.17. The fourth-order valence-corrected chi connectivity index (χ4v) is 4.49. The Hall–Kier alpha value is -3.66. The predicted molar refractivity (Wildman–Crippen MR) is 115 cm³/mol. The maximum Gasteiger partial charge on any atom is 0.193 e. The van der Waals surface area contributed by atoms with Gasteiger partial charge in [0.15, 0.2) is 5.78 Å². The van der Waals surface area contributed by atoms with Crippen molar-refractivity contribution in [2.75, 3.05) is 0 Å². The highest BCUT2D eigenvalue weighted by atomic mass is 16.3. The standard InChI is InChI=1S/C25H20N2O2/c1-4-13-27-15(3)21(17-10-6-8-12-19(17)27)23-24(28)22(25(23)29)20-14(2)26-18-11-7-5-9-16(18)20/h4-12,28H,1,13H2,2-3H3/p-1. The molecule has 0 N–H and O–H groups in total. The number of allylic oxidation sites excluding steroid dienone is 4. The summed E-state index contributed by atoms with van der Waals surface area (Å²) in [5.41, 5.74) is 6.23. The number of nitrogens with zero attached hydrogens (tertiary/aromatic N) is 2. The maximum absolute atomic E-state index is 13.3. The van der Waals surface area contributed by atoms with Crippen LogP contribution in [0.15, 0.2) is 77.5 Å². The highest BCUT2D eigenvalue weighted by Gasteiger charge is 2.36. The number of carbonyl (C=O) groups is 1. The molecule has 2 aliphatic rings. The molecule has 0 amide bonds. The average Bonchev–Trinajstić information content (AvgIpc) is 3.18. The van der Waals surface area contributed by atoms with Gasteiger partial charge in [-0.1, -0.05) is 48.2 Å². The Labute approximate surface area is 168 Å².